The summed E-state index contributed by atoms with van der Waals surface area (Å²) in [6.07, 6.45) is 5.20. The van der Waals surface area contributed by atoms with Crippen LogP contribution in [0.25, 0.3) is 0 Å². The zero-order valence-electron chi connectivity index (χ0n) is 9.28. The van der Waals surface area contributed by atoms with E-state index >= 15 is 0 Å². The number of thioether (sulfide) groups is 1. The summed E-state index contributed by atoms with van der Waals surface area (Å²) in [4.78, 5) is 11.0. The highest BCUT2D eigenvalue weighted by molar-refractivity contribution is 7.99. The molecule has 88 valence electrons. The van der Waals surface area contributed by atoms with Crippen LogP contribution in [0.2, 0.25) is 0 Å². The molecule has 0 aliphatic heterocycles. The number of methoxy groups -OCH3 is 1. The van der Waals surface area contributed by atoms with Crippen LogP contribution in [0.5, 0.6) is 0 Å². The maximum atomic E-state index is 11.0. The number of rotatable bonds is 6. The number of carboxylic acid groups (broad SMARTS) is 1. The predicted octanol–water partition coefficient (Wildman–Crippen LogP) is 2.40. The minimum absolute atomic E-state index is 0.119. The Labute approximate surface area is 95.6 Å². The van der Waals surface area contributed by atoms with Gasteiger partial charge < -0.3 is 9.84 Å². The summed E-state index contributed by atoms with van der Waals surface area (Å²) in [5.41, 5.74) is 0. The van der Waals surface area contributed by atoms with Gasteiger partial charge in [0.05, 0.1) is 5.92 Å². The molecule has 0 bridgehead atoms. The van der Waals surface area contributed by atoms with E-state index in [4.69, 9.17) is 9.84 Å². The van der Waals surface area contributed by atoms with Crippen molar-refractivity contribution in [3.63, 3.8) is 0 Å². The third kappa shape index (κ3) is 4.43. The van der Waals surface area contributed by atoms with Crippen LogP contribution in [-0.2, 0) is 9.53 Å². The number of ether oxygens (including phenoxy) is 1. The molecule has 4 heteroatoms. The normalized spacial score (nSPS) is 26.5. The molecule has 1 N–H and O–H groups in total. The topological polar surface area (TPSA) is 46.5 Å². The van der Waals surface area contributed by atoms with Gasteiger partial charge >= 0.3 is 5.97 Å². The lowest BCUT2D eigenvalue weighted by atomic mass is 9.89. The molecular formula is C11H20O3S. The predicted molar refractivity (Wildman–Crippen MR) is 62.3 cm³/mol. The second kappa shape index (κ2) is 7.12. The summed E-state index contributed by atoms with van der Waals surface area (Å²) < 4.78 is 4.98. The van der Waals surface area contributed by atoms with Crippen molar-refractivity contribution < 1.29 is 14.6 Å². The van der Waals surface area contributed by atoms with E-state index in [0.29, 0.717) is 5.25 Å². The Morgan fingerprint density at radius 1 is 1.47 bits per heavy atom. The second-order valence-corrected chi connectivity index (χ2v) is 5.33. The molecule has 0 aromatic rings. The first-order valence-electron chi connectivity index (χ1n) is 5.59. The van der Waals surface area contributed by atoms with E-state index in [1.165, 1.54) is 6.42 Å². The second-order valence-electron chi connectivity index (χ2n) is 3.98. The molecule has 1 saturated carbocycles. The molecule has 2 atom stereocenters. The molecule has 0 saturated heterocycles. The van der Waals surface area contributed by atoms with Crippen molar-refractivity contribution in [2.45, 2.75) is 37.4 Å². The fraction of sp³-hybridized carbons (Fsp3) is 0.909. The van der Waals surface area contributed by atoms with E-state index in [2.05, 4.69) is 0 Å². The number of aliphatic carboxylic acids is 1. The number of carboxylic acids is 1. The lowest BCUT2D eigenvalue weighted by molar-refractivity contribution is -0.142. The zero-order valence-corrected chi connectivity index (χ0v) is 10.1. The molecule has 2 unspecified atom stereocenters. The average Bonchev–Trinajstić information content (AvgIpc) is 2.25. The van der Waals surface area contributed by atoms with Crippen LogP contribution in [0.15, 0.2) is 0 Å². The Balaban J connectivity index is 2.26. The van der Waals surface area contributed by atoms with E-state index in [1.807, 2.05) is 11.8 Å². The van der Waals surface area contributed by atoms with Crippen LogP contribution in [0.1, 0.15) is 32.1 Å². The number of carbonyl (C=O) groups is 1. The van der Waals surface area contributed by atoms with Crippen molar-refractivity contribution in [1.29, 1.82) is 0 Å². The van der Waals surface area contributed by atoms with Gasteiger partial charge in [-0.1, -0.05) is 12.8 Å². The van der Waals surface area contributed by atoms with Crippen molar-refractivity contribution in [2.24, 2.45) is 5.92 Å². The smallest absolute Gasteiger partial charge is 0.307 e. The van der Waals surface area contributed by atoms with Gasteiger partial charge in [-0.3, -0.25) is 4.79 Å². The molecule has 0 heterocycles. The quantitative estimate of drug-likeness (QED) is 0.714. The van der Waals surface area contributed by atoms with Gasteiger partial charge in [0.15, 0.2) is 0 Å². The molecule has 1 fully saturated rings. The first kappa shape index (κ1) is 12.8. The summed E-state index contributed by atoms with van der Waals surface area (Å²) in [5.74, 6) is 0.285. The average molecular weight is 232 g/mol. The lowest BCUT2D eigenvalue weighted by Gasteiger charge is -2.27. The first-order valence-corrected chi connectivity index (χ1v) is 6.64. The first-order chi connectivity index (χ1) is 7.25. The molecule has 1 aliphatic carbocycles. The lowest BCUT2D eigenvalue weighted by Crippen LogP contribution is -2.29. The van der Waals surface area contributed by atoms with Crippen molar-refractivity contribution in [3.05, 3.63) is 0 Å². The molecule has 3 nitrogen and oxygen atoms in total. The molecule has 0 amide bonds. The van der Waals surface area contributed by atoms with Crippen LogP contribution in [0.4, 0.5) is 0 Å². The Morgan fingerprint density at radius 3 is 2.87 bits per heavy atom. The molecule has 0 spiro atoms. The van der Waals surface area contributed by atoms with Crippen LogP contribution >= 0.6 is 11.8 Å². The van der Waals surface area contributed by atoms with Gasteiger partial charge in [-0.05, 0) is 25.0 Å². The van der Waals surface area contributed by atoms with E-state index in [1.54, 1.807) is 7.11 Å². The molecule has 1 aliphatic rings. The SMILES string of the molecule is COCCCSC1CCCCC1C(=O)O. The summed E-state index contributed by atoms with van der Waals surface area (Å²) in [5, 5.41) is 9.40. The van der Waals surface area contributed by atoms with Gasteiger partial charge in [-0.25, -0.2) is 0 Å². The Kier molecular flexibility index (Phi) is 6.10. The van der Waals surface area contributed by atoms with E-state index < -0.39 is 5.97 Å². The van der Waals surface area contributed by atoms with Gasteiger partial charge in [0.25, 0.3) is 0 Å². The molecule has 0 aromatic heterocycles. The summed E-state index contributed by atoms with van der Waals surface area (Å²) in [6, 6.07) is 0. The van der Waals surface area contributed by atoms with E-state index in [9.17, 15) is 4.79 Å². The minimum Gasteiger partial charge on any atom is -0.481 e. The van der Waals surface area contributed by atoms with Gasteiger partial charge in [-0.2, -0.15) is 11.8 Å². The van der Waals surface area contributed by atoms with Gasteiger partial charge in [-0.15, -0.1) is 0 Å². The van der Waals surface area contributed by atoms with Gasteiger partial charge in [0, 0.05) is 19.0 Å². The van der Waals surface area contributed by atoms with E-state index in [0.717, 1.165) is 38.0 Å². The zero-order chi connectivity index (χ0) is 11.1. The number of hydrogen-bond acceptors (Lipinski definition) is 3. The minimum atomic E-state index is -0.612. The van der Waals surface area contributed by atoms with Crippen LogP contribution in [0.3, 0.4) is 0 Å². The third-order valence-electron chi connectivity index (χ3n) is 2.84. The standard InChI is InChI=1S/C11H20O3S/c1-14-7-4-8-15-10-6-3-2-5-9(10)11(12)13/h9-10H,2-8H2,1H3,(H,12,13). The maximum absolute atomic E-state index is 11.0. The fourth-order valence-electron chi connectivity index (χ4n) is 2.02. The summed E-state index contributed by atoms with van der Waals surface area (Å²) >= 11 is 1.81. The third-order valence-corrected chi connectivity index (χ3v) is 4.36. The highest BCUT2D eigenvalue weighted by atomic mass is 32.2. The Bertz CT molecular complexity index is 196. The number of hydrogen-bond donors (Lipinski definition) is 1. The van der Waals surface area contributed by atoms with Crippen molar-refractivity contribution in [3.8, 4) is 0 Å². The Morgan fingerprint density at radius 2 is 2.20 bits per heavy atom. The van der Waals surface area contributed by atoms with Crippen molar-refractivity contribution in [2.75, 3.05) is 19.5 Å². The summed E-state index contributed by atoms with van der Waals surface area (Å²) in [7, 11) is 1.70. The van der Waals surface area contributed by atoms with Crippen LogP contribution in [-0.4, -0.2) is 35.8 Å². The monoisotopic (exact) mass is 232 g/mol. The van der Waals surface area contributed by atoms with Gasteiger partial charge in [0.1, 0.15) is 0 Å². The molecular weight excluding hydrogens is 212 g/mol. The molecule has 0 aromatic carbocycles. The van der Waals surface area contributed by atoms with Crippen LogP contribution < -0.4 is 0 Å². The highest BCUT2D eigenvalue weighted by Crippen LogP contribution is 2.33. The van der Waals surface area contributed by atoms with Gasteiger partial charge in [0.2, 0.25) is 0 Å². The molecule has 15 heavy (non-hydrogen) atoms. The van der Waals surface area contributed by atoms with E-state index in [-0.39, 0.29) is 5.92 Å². The molecule has 0 radical (unpaired) electrons. The highest BCUT2D eigenvalue weighted by Gasteiger charge is 2.30. The maximum Gasteiger partial charge on any atom is 0.307 e. The Hall–Kier alpha value is -0.220. The summed E-state index contributed by atoms with van der Waals surface area (Å²) in [6.45, 7) is 0.775. The van der Waals surface area contributed by atoms with Crippen molar-refractivity contribution >= 4 is 17.7 Å². The molecule has 1 rings (SSSR count). The fourth-order valence-corrected chi connectivity index (χ4v) is 3.42. The largest absolute Gasteiger partial charge is 0.481 e. The van der Waals surface area contributed by atoms with Crippen molar-refractivity contribution in [1.82, 2.24) is 0 Å². The van der Waals surface area contributed by atoms with Crippen LogP contribution in [0, 0.1) is 5.92 Å².